The van der Waals surface area contributed by atoms with Crippen molar-refractivity contribution in [2.75, 3.05) is 17.2 Å². The zero-order valence-electron chi connectivity index (χ0n) is 12.6. The topological polar surface area (TPSA) is 134 Å². The van der Waals surface area contributed by atoms with Crippen LogP contribution in [0.2, 0.25) is 0 Å². The Labute approximate surface area is 144 Å². The van der Waals surface area contributed by atoms with Crippen molar-refractivity contribution in [2.24, 2.45) is 0 Å². The molecule has 0 fully saturated rings. The van der Waals surface area contributed by atoms with E-state index in [1.54, 1.807) is 24.3 Å². The molecule has 1 aromatic heterocycles. The highest BCUT2D eigenvalue weighted by atomic mass is 35.7. The number of nitrogens with zero attached hydrogens (tertiary/aromatic N) is 3. The molecular formula is C15H16ClN6OP. The highest BCUT2D eigenvalue weighted by Gasteiger charge is 2.23. The molecule has 0 unspecified atom stereocenters. The molecule has 0 spiro atoms. The number of nitrogen functional groups attached to an aromatic ring is 3. The van der Waals surface area contributed by atoms with Crippen LogP contribution in [-0.4, -0.2) is 15.0 Å². The molecule has 0 radical (unpaired) electrons. The van der Waals surface area contributed by atoms with Crippen molar-refractivity contribution < 1.29 is 4.57 Å². The van der Waals surface area contributed by atoms with E-state index in [2.05, 4.69) is 15.0 Å². The Kier molecular flexibility index (Phi) is 5.73. The summed E-state index contributed by atoms with van der Waals surface area (Å²) in [6, 6.07) is 18.3. The molecule has 24 heavy (non-hydrogen) atoms. The van der Waals surface area contributed by atoms with Crippen LogP contribution in [0.3, 0.4) is 0 Å². The molecule has 0 aliphatic rings. The second-order valence-electron chi connectivity index (χ2n) is 4.61. The number of aromatic nitrogens is 3. The number of hydrogen-bond donors (Lipinski definition) is 3. The van der Waals surface area contributed by atoms with Gasteiger partial charge in [-0.25, -0.2) is 0 Å². The summed E-state index contributed by atoms with van der Waals surface area (Å²) in [6.45, 7) is -2.93. The standard InChI is InChI=1S/C12H10ClOP.C3H6N6/c13-15(14,11-7-3-1-4-8-11)12-9-5-2-6-10-12;4-1-7-2(5)9-3(6)8-1/h1-10H;(H6,4,5,6,7,8,9). The minimum atomic E-state index is -2.93. The second-order valence-corrected chi connectivity index (χ2v) is 8.14. The maximum Gasteiger partial charge on any atom is 0.226 e. The lowest BCUT2D eigenvalue weighted by Crippen LogP contribution is -2.11. The van der Waals surface area contributed by atoms with Crippen LogP contribution in [0.1, 0.15) is 0 Å². The summed E-state index contributed by atoms with van der Waals surface area (Å²) >= 11 is 6.14. The summed E-state index contributed by atoms with van der Waals surface area (Å²) in [6.07, 6.45) is 0. The molecule has 3 rings (SSSR count). The largest absolute Gasteiger partial charge is 0.368 e. The number of hydrogen-bond acceptors (Lipinski definition) is 7. The Morgan fingerprint density at radius 2 is 0.958 bits per heavy atom. The van der Waals surface area contributed by atoms with Gasteiger partial charge in [-0.2, -0.15) is 15.0 Å². The van der Waals surface area contributed by atoms with Gasteiger partial charge in [0.1, 0.15) is 0 Å². The molecule has 124 valence electrons. The second kappa shape index (κ2) is 7.77. The van der Waals surface area contributed by atoms with Gasteiger partial charge in [-0.1, -0.05) is 60.7 Å². The third kappa shape index (κ3) is 4.68. The van der Waals surface area contributed by atoms with Crippen LogP contribution in [0, 0.1) is 0 Å². The molecule has 7 nitrogen and oxygen atoms in total. The zero-order valence-corrected chi connectivity index (χ0v) is 14.2. The number of benzene rings is 2. The van der Waals surface area contributed by atoms with Gasteiger partial charge < -0.3 is 17.2 Å². The minimum Gasteiger partial charge on any atom is -0.368 e. The van der Waals surface area contributed by atoms with E-state index < -0.39 is 6.49 Å². The summed E-state index contributed by atoms with van der Waals surface area (Å²) in [5.74, 6) is 0.125. The van der Waals surface area contributed by atoms with Crippen LogP contribution in [0.5, 0.6) is 0 Å². The summed E-state index contributed by atoms with van der Waals surface area (Å²) < 4.78 is 12.4. The first kappa shape index (κ1) is 17.7. The fourth-order valence-electron chi connectivity index (χ4n) is 1.82. The van der Waals surface area contributed by atoms with Crippen molar-refractivity contribution in [3.05, 3.63) is 60.7 Å². The Hall–Kier alpha value is -2.63. The Balaban J connectivity index is 0.000000198. The van der Waals surface area contributed by atoms with Gasteiger partial charge in [-0.3, -0.25) is 4.57 Å². The van der Waals surface area contributed by atoms with Gasteiger partial charge in [-0.15, -0.1) is 0 Å². The monoisotopic (exact) mass is 362 g/mol. The molecule has 1 heterocycles. The normalized spacial score (nSPS) is 10.5. The Bertz CT molecular complexity index is 753. The van der Waals surface area contributed by atoms with Crippen LogP contribution in [0.25, 0.3) is 0 Å². The first-order valence-electron chi connectivity index (χ1n) is 6.83. The molecule has 6 N–H and O–H groups in total. The third-order valence-electron chi connectivity index (χ3n) is 2.86. The molecule has 0 saturated heterocycles. The molecule has 0 atom stereocenters. The van der Waals surface area contributed by atoms with Crippen LogP contribution < -0.4 is 27.8 Å². The van der Waals surface area contributed by atoms with Crippen molar-refractivity contribution in [3.63, 3.8) is 0 Å². The average Bonchev–Trinajstić information content (AvgIpc) is 2.56. The molecule has 0 aliphatic heterocycles. The SMILES string of the molecule is Nc1nc(N)nc(N)n1.O=P(Cl)(c1ccccc1)c1ccccc1. The van der Waals surface area contributed by atoms with Crippen LogP contribution >= 0.6 is 17.7 Å². The highest BCUT2D eigenvalue weighted by molar-refractivity contribution is 8.00. The predicted octanol–water partition coefficient (Wildman–Crippen LogP) is 1.77. The smallest absolute Gasteiger partial charge is 0.226 e. The fraction of sp³-hybridized carbons (Fsp3) is 0. The van der Waals surface area contributed by atoms with Gasteiger partial charge in [0.15, 0.2) is 0 Å². The maximum absolute atomic E-state index is 12.4. The van der Waals surface area contributed by atoms with Gasteiger partial charge in [0.25, 0.3) is 0 Å². The maximum atomic E-state index is 12.4. The Morgan fingerprint density at radius 1 is 0.667 bits per heavy atom. The van der Waals surface area contributed by atoms with Crippen molar-refractivity contribution in [1.29, 1.82) is 0 Å². The number of nitrogens with two attached hydrogens (primary N) is 3. The molecular weight excluding hydrogens is 347 g/mol. The summed E-state index contributed by atoms with van der Waals surface area (Å²) in [7, 11) is 0. The van der Waals surface area contributed by atoms with E-state index >= 15 is 0 Å². The fourth-order valence-corrected chi connectivity index (χ4v) is 3.90. The van der Waals surface area contributed by atoms with E-state index in [0.717, 1.165) is 0 Å². The summed E-state index contributed by atoms with van der Waals surface area (Å²) in [5, 5.41) is 1.36. The molecule has 0 saturated carbocycles. The van der Waals surface area contributed by atoms with Gasteiger partial charge in [0.2, 0.25) is 24.3 Å². The van der Waals surface area contributed by atoms with Crippen LogP contribution in [0.4, 0.5) is 17.8 Å². The van der Waals surface area contributed by atoms with Crippen LogP contribution in [-0.2, 0) is 4.57 Å². The van der Waals surface area contributed by atoms with E-state index in [0.29, 0.717) is 10.6 Å². The number of anilines is 3. The molecule has 0 aliphatic carbocycles. The highest BCUT2D eigenvalue weighted by Crippen LogP contribution is 2.48. The molecule has 2 aromatic carbocycles. The van der Waals surface area contributed by atoms with Crippen molar-refractivity contribution in [1.82, 2.24) is 15.0 Å². The molecule has 3 aromatic rings. The zero-order chi connectivity index (χ0) is 17.6. The van der Waals surface area contributed by atoms with E-state index in [4.69, 9.17) is 28.4 Å². The van der Waals surface area contributed by atoms with Crippen molar-refractivity contribution in [3.8, 4) is 0 Å². The number of halogens is 1. The molecule has 0 amide bonds. The lowest BCUT2D eigenvalue weighted by molar-refractivity contribution is 0.595. The van der Waals surface area contributed by atoms with Crippen LogP contribution in [0.15, 0.2) is 60.7 Å². The molecule has 9 heteroatoms. The quantitative estimate of drug-likeness (QED) is 0.591. The van der Waals surface area contributed by atoms with Gasteiger partial charge in [0, 0.05) is 10.6 Å². The molecule has 0 bridgehead atoms. The first-order valence-corrected chi connectivity index (χ1v) is 9.44. The first-order chi connectivity index (χ1) is 11.4. The number of rotatable bonds is 2. The van der Waals surface area contributed by atoms with E-state index in [1.807, 2.05) is 36.4 Å². The average molecular weight is 363 g/mol. The third-order valence-corrected chi connectivity index (χ3v) is 5.96. The minimum absolute atomic E-state index is 0.0417. The van der Waals surface area contributed by atoms with E-state index in [9.17, 15) is 4.57 Å². The van der Waals surface area contributed by atoms with Crippen molar-refractivity contribution >= 4 is 46.2 Å². The lowest BCUT2D eigenvalue weighted by Gasteiger charge is -2.10. The predicted molar refractivity (Wildman–Crippen MR) is 98.7 cm³/mol. The van der Waals surface area contributed by atoms with Gasteiger partial charge >= 0.3 is 0 Å². The summed E-state index contributed by atoms with van der Waals surface area (Å²) in [5.41, 5.74) is 15.4. The van der Waals surface area contributed by atoms with E-state index in [-0.39, 0.29) is 17.8 Å². The van der Waals surface area contributed by atoms with Gasteiger partial charge in [-0.05, 0) is 11.2 Å². The lowest BCUT2D eigenvalue weighted by atomic mass is 10.4. The summed E-state index contributed by atoms with van der Waals surface area (Å²) in [4.78, 5) is 10.5. The van der Waals surface area contributed by atoms with Crippen molar-refractivity contribution in [2.45, 2.75) is 0 Å². The Morgan fingerprint density at radius 3 is 1.25 bits per heavy atom. The van der Waals surface area contributed by atoms with Gasteiger partial charge in [0.05, 0.1) is 0 Å². The van der Waals surface area contributed by atoms with E-state index in [1.165, 1.54) is 0 Å².